The van der Waals surface area contributed by atoms with E-state index in [1.807, 2.05) is 0 Å². The first-order valence-corrected chi connectivity index (χ1v) is 6.33. The average molecular weight is 233 g/mol. The highest BCUT2D eigenvalue weighted by molar-refractivity contribution is 6.18. The molecule has 0 spiro atoms. The Bertz CT molecular complexity index is 233. The number of carbonyl (C=O) groups is 1. The number of ether oxygens (including phenoxy) is 1. The van der Waals surface area contributed by atoms with Gasteiger partial charge in [0.1, 0.15) is 6.10 Å². The molecule has 2 fully saturated rings. The Morgan fingerprint density at radius 2 is 2.00 bits per heavy atom. The van der Waals surface area contributed by atoms with Crippen molar-refractivity contribution in [1.29, 1.82) is 0 Å². The maximum atomic E-state index is 11.3. The van der Waals surface area contributed by atoms with Crippen molar-refractivity contribution in [2.75, 3.05) is 12.9 Å². The summed E-state index contributed by atoms with van der Waals surface area (Å²) in [7, 11) is 2.26. The van der Waals surface area contributed by atoms with Gasteiger partial charge in [-0.2, -0.15) is 0 Å². The second-order valence-electron chi connectivity index (χ2n) is 4.74. The molecule has 0 aromatic heterocycles. The van der Waals surface area contributed by atoms with Gasteiger partial charge < -0.3 is 9.64 Å². The van der Waals surface area contributed by atoms with Crippen LogP contribution < -0.4 is 4.90 Å². The molecule has 0 saturated carbocycles. The average Bonchev–Trinajstić information content (AvgIpc) is 2.43. The highest BCUT2D eigenvalue weighted by atomic mass is 35.5. The molecule has 0 amide bonds. The molecule has 2 saturated heterocycles. The Morgan fingerprint density at radius 1 is 1.40 bits per heavy atom. The van der Waals surface area contributed by atoms with Gasteiger partial charge in [-0.05, 0) is 0 Å². The third-order valence-electron chi connectivity index (χ3n) is 3.84. The number of hydrogen-bond donors (Lipinski definition) is 1. The maximum absolute atomic E-state index is 11.3. The molecule has 0 aromatic carbocycles. The van der Waals surface area contributed by atoms with Gasteiger partial charge in [-0.1, -0.05) is 0 Å². The van der Waals surface area contributed by atoms with E-state index in [4.69, 9.17) is 16.3 Å². The van der Waals surface area contributed by atoms with Crippen LogP contribution in [-0.2, 0) is 9.53 Å². The van der Waals surface area contributed by atoms with Crippen molar-refractivity contribution in [3.8, 4) is 0 Å². The van der Waals surface area contributed by atoms with Crippen LogP contribution in [0.15, 0.2) is 0 Å². The van der Waals surface area contributed by atoms with Gasteiger partial charge >= 0.3 is 5.97 Å². The SMILES string of the molecule is C[NH+]1C2CCC1CC(OC(=O)CCCl)C2. The summed E-state index contributed by atoms with van der Waals surface area (Å²) >= 11 is 5.50. The Morgan fingerprint density at radius 3 is 2.53 bits per heavy atom. The summed E-state index contributed by atoms with van der Waals surface area (Å²) in [5, 5.41) is 0. The van der Waals surface area contributed by atoms with Gasteiger partial charge in [0, 0.05) is 31.6 Å². The molecule has 0 radical (unpaired) electrons. The fourth-order valence-corrected chi connectivity index (χ4v) is 3.10. The van der Waals surface area contributed by atoms with E-state index < -0.39 is 0 Å². The predicted molar refractivity (Wildman–Crippen MR) is 58.1 cm³/mol. The molecular weight excluding hydrogens is 214 g/mol. The Balaban J connectivity index is 1.84. The number of rotatable bonds is 3. The Labute approximate surface area is 95.7 Å². The number of carbonyl (C=O) groups excluding carboxylic acids is 1. The molecule has 2 aliphatic rings. The van der Waals surface area contributed by atoms with Crippen LogP contribution in [0.4, 0.5) is 0 Å². The van der Waals surface area contributed by atoms with E-state index in [0.29, 0.717) is 24.4 Å². The lowest BCUT2D eigenvalue weighted by molar-refractivity contribution is -0.923. The number of quaternary nitrogens is 1. The van der Waals surface area contributed by atoms with Gasteiger partial charge in [0.25, 0.3) is 0 Å². The molecule has 0 aromatic rings. The molecule has 2 bridgehead atoms. The first-order chi connectivity index (χ1) is 7.20. The zero-order chi connectivity index (χ0) is 10.8. The minimum atomic E-state index is -0.131. The molecule has 0 aliphatic carbocycles. The zero-order valence-corrected chi connectivity index (χ0v) is 9.93. The van der Waals surface area contributed by atoms with Crippen molar-refractivity contribution < 1.29 is 14.4 Å². The molecule has 1 N–H and O–H groups in total. The first kappa shape index (κ1) is 11.2. The van der Waals surface area contributed by atoms with Crippen LogP contribution in [0.1, 0.15) is 32.1 Å². The zero-order valence-electron chi connectivity index (χ0n) is 9.17. The quantitative estimate of drug-likeness (QED) is 0.563. The largest absolute Gasteiger partial charge is 0.462 e. The fourth-order valence-electron chi connectivity index (χ4n) is 2.95. The van der Waals surface area contributed by atoms with Crippen LogP contribution in [0.25, 0.3) is 0 Å². The second-order valence-corrected chi connectivity index (χ2v) is 5.12. The molecule has 2 atom stereocenters. The van der Waals surface area contributed by atoms with Crippen molar-refractivity contribution in [2.45, 2.75) is 50.3 Å². The van der Waals surface area contributed by atoms with Crippen LogP contribution in [0.3, 0.4) is 0 Å². The summed E-state index contributed by atoms with van der Waals surface area (Å²) in [6.07, 6.45) is 5.16. The van der Waals surface area contributed by atoms with E-state index in [1.165, 1.54) is 12.8 Å². The van der Waals surface area contributed by atoms with Crippen molar-refractivity contribution in [1.82, 2.24) is 0 Å². The minimum Gasteiger partial charge on any atom is -0.462 e. The van der Waals surface area contributed by atoms with Gasteiger partial charge in [-0.15, -0.1) is 11.6 Å². The molecule has 2 heterocycles. The van der Waals surface area contributed by atoms with Gasteiger partial charge in [-0.3, -0.25) is 4.79 Å². The number of esters is 1. The van der Waals surface area contributed by atoms with Gasteiger partial charge in [-0.25, -0.2) is 0 Å². The normalized spacial score (nSPS) is 39.1. The van der Waals surface area contributed by atoms with Crippen molar-refractivity contribution in [2.24, 2.45) is 0 Å². The topological polar surface area (TPSA) is 30.7 Å². The van der Waals surface area contributed by atoms with E-state index in [1.54, 1.807) is 4.90 Å². The summed E-state index contributed by atoms with van der Waals surface area (Å²) in [5.74, 6) is 0.234. The third-order valence-corrected chi connectivity index (χ3v) is 4.03. The molecular formula is C11H19ClNO2+. The molecule has 86 valence electrons. The first-order valence-electron chi connectivity index (χ1n) is 5.79. The molecule has 2 unspecified atom stereocenters. The van der Waals surface area contributed by atoms with E-state index in [-0.39, 0.29) is 12.1 Å². The summed E-state index contributed by atoms with van der Waals surface area (Å²) in [4.78, 5) is 13.0. The summed E-state index contributed by atoms with van der Waals surface area (Å²) in [6, 6.07) is 1.41. The predicted octanol–water partition coefficient (Wildman–Crippen LogP) is 0.367. The Kier molecular flexibility index (Phi) is 3.52. The number of halogens is 1. The summed E-state index contributed by atoms with van der Waals surface area (Å²) in [6.45, 7) is 0. The van der Waals surface area contributed by atoms with E-state index in [2.05, 4.69) is 7.05 Å². The second kappa shape index (κ2) is 4.71. The van der Waals surface area contributed by atoms with Crippen LogP contribution in [0, 0.1) is 0 Å². The Hall–Kier alpha value is -0.280. The lowest BCUT2D eigenvalue weighted by Crippen LogP contribution is -3.15. The fraction of sp³-hybridized carbons (Fsp3) is 0.909. The lowest BCUT2D eigenvalue weighted by Gasteiger charge is -2.33. The molecule has 4 heteroatoms. The van der Waals surface area contributed by atoms with Crippen molar-refractivity contribution >= 4 is 17.6 Å². The standard InChI is InChI=1S/C11H18ClNO2/c1-13-8-2-3-9(13)7-10(6-8)15-11(14)4-5-12/h8-10H,2-7H2,1H3/p+1. The lowest BCUT2D eigenvalue weighted by atomic mass is 10.0. The number of alkyl halides is 1. The van der Waals surface area contributed by atoms with E-state index >= 15 is 0 Å². The smallest absolute Gasteiger partial charge is 0.307 e. The summed E-state index contributed by atoms with van der Waals surface area (Å²) < 4.78 is 5.42. The van der Waals surface area contributed by atoms with Crippen LogP contribution in [0.2, 0.25) is 0 Å². The molecule has 2 rings (SSSR count). The number of fused-ring (bicyclic) bond motifs is 2. The maximum Gasteiger partial charge on any atom is 0.307 e. The number of hydrogen-bond acceptors (Lipinski definition) is 2. The molecule has 3 nitrogen and oxygen atoms in total. The number of nitrogens with one attached hydrogen (secondary N) is 1. The van der Waals surface area contributed by atoms with Crippen LogP contribution in [0.5, 0.6) is 0 Å². The van der Waals surface area contributed by atoms with Crippen LogP contribution in [-0.4, -0.2) is 37.1 Å². The molecule has 15 heavy (non-hydrogen) atoms. The van der Waals surface area contributed by atoms with E-state index in [9.17, 15) is 4.79 Å². The van der Waals surface area contributed by atoms with Crippen molar-refractivity contribution in [3.63, 3.8) is 0 Å². The van der Waals surface area contributed by atoms with Gasteiger partial charge in [0.2, 0.25) is 0 Å². The van der Waals surface area contributed by atoms with Crippen LogP contribution >= 0.6 is 11.6 Å². The highest BCUT2D eigenvalue weighted by Gasteiger charge is 2.43. The van der Waals surface area contributed by atoms with E-state index in [0.717, 1.165) is 12.8 Å². The third kappa shape index (κ3) is 2.45. The minimum absolute atomic E-state index is 0.131. The van der Waals surface area contributed by atoms with Crippen molar-refractivity contribution in [3.05, 3.63) is 0 Å². The monoisotopic (exact) mass is 232 g/mol. The van der Waals surface area contributed by atoms with Gasteiger partial charge in [0.05, 0.1) is 25.6 Å². The summed E-state index contributed by atoms with van der Waals surface area (Å²) in [5.41, 5.74) is 0. The number of piperidine rings is 1. The molecule has 2 aliphatic heterocycles. The highest BCUT2D eigenvalue weighted by Crippen LogP contribution is 2.24. The van der Waals surface area contributed by atoms with Gasteiger partial charge in [0.15, 0.2) is 0 Å².